The van der Waals surface area contributed by atoms with E-state index >= 15 is 0 Å². The van der Waals surface area contributed by atoms with Crippen molar-refractivity contribution in [2.75, 3.05) is 0 Å². The fraction of sp³-hybridized carbons (Fsp3) is 0.0588. The van der Waals surface area contributed by atoms with E-state index in [0.29, 0.717) is 5.15 Å². The maximum Gasteiger partial charge on any atom is 0.159 e. The van der Waals surface area contributed by atoms with Gasteiger partial charge in [0.05, 0.1) is 0 Å². The van der Waals surface area contributed by atoms with Crippen LogP contribution < -0.4 is 0 Å². The molecule has 0 aliphatic heterocycles. The van der Waals surface area contributed by atoms with Crippen LogP contribution in [0.2, 0.25) is 5.15 Å². The standard InChI is InChI=1S/C17H12ClN3/c1-10-15(13-8-4-5-9-14(13)19-10)16-11-6-2-3-7-12(11)17(18)21-20-16/h2-9,19H,1H3. The van der Waals surface area contributed by atoms with Crippen LogP contribution in [0.1, 0.15) is 5.69 Å². The summed E-state index contributed by atoms with van der Waals surface area (Å²) < 4.78 is 0. The summed E-state index contributed by atoms with van der Waals surface area (Å²) >= 11 is 6.17. The zero-order valence-electron chi connectivity index (χ0n) is 11.4. The van der Waals surface area contributed by atoms with Crippen LogP contribution in [0.25, 0.3) is 32.9 Å². The van der Waals surface area contributed by atoms with Crippen LogP contribution in [0.4, 0.5) is 0 Å². The second kappa shape index (κ2) is 4.57. The average molecular weight is 294 g/mol. The Kier molecular flexibility index (Phi) is 2.69. The van der Waals surface area contributed by atoms with E-state index in [1.54, 1.807) is 0 Å². The Morgan fingerprint density at radius 1 is 0.857 bits per heavy atom. The van der Waals surface area contributed by atoms with Crippen molar-refractivity contribution in [3.05, 3.63) is 59.4 Å². The van der Waals surface area contributed by atoms with Gasteiger partial charge in [-0.2, -0.15) is 0 Å². The predicted octanol–water partition coefficient (Wildman–Crippen LogP) is 4.74. The van der Waals surface area contributed by atoms with Crippen molar-refractivity contribution in [2.24, 2.45) is 0 Å². The van der Waals surface area contributed by atoms with E-state index in [0.717, 1.165) is 38.6 Å². The molecule has 102 valence electrons. The molecule has 2 heterocycles. The van der Waals surface area contributed by atoms with Gasteiger partial charge in [0.15, 0.2) is 5.15 Å². The number of rotatable bonds is 1. The van der Waals surface area contributed by atoms with Gasteiger partial charge in [0.1, 0.15) is 5.69 Å². The first kappa shape index (κ1) is 12.4. The Balaban J connectivity index is 2.15. The quantitative estimate of drug-likeness (QED) is 0.551. The Bertz CT molecular complexity index is 972. The molecule has 0 bridgehead atoms. The van der Waals surface area contributed by atoms with E-state index in [1.165, 1.54) is 0 Å². The summed E-state index contributed by atoms with van der Waals surface area (Å²) in [5, 5.41) is 12.0. The van der Waals surface area contributed by atoms with Crippen molar-refractivity contribution < 1.29 is 0 Å². The maximum absolute atomic E-state index is 6.17. The molecule has 4 heteroatoms. The summed E-state index contributed by atoms with van der Waals surface area (Å²) in [4.78, 5) is 3.40. The van der Waals surface area contributed by atoms with Gasteiger partial charge in [0.2, 0.25) is 0 Å². The molecule has 4 aromatic rings. The first-order valence-corrected chi connectivity index (χ1v) is 7.12. The highest BCUT2D eigenvalue weighted by Gasteiger charge is 2.16. The molecule has 2 aromatic carbocycles. The smallest absolute Gasteiger partial charge is 0.159 e. The van der Waals surface area contributed by atoms with E-state index < -0.39 is 0 Å². The molecule has 0 atom stereocenters. The van der Waals surface area contributed by atoms with Crippen molar-refractivity contribution in [1.82, 2.24) is 15.2 Å². The topological polar surface area (TPSA) is 41.6 Å². The molecule has 2 aromatic heterocycles. The third-order valence-corrected chi connectivity index (χ3v) is 4.05. The normalized spacial score (nSPS) is 11.3. The fourth-order valence-electron chi connectivity index (χ4n) is 2.84. The van der Waals surface area contributed by atoms with Gasteiger partial charge in [0, 0.05) is 32.9 Å². The highest BCUT2D eigenvalue weighted by atomic mass is 35.5. The van der Waals surface area contributed by atoms with Crippen LogP contribution in [0.5, 0.6) is 0 Å². The van der Waals surface area contributed by atoms with Crippen molar-refractivity contribution in [2.45, 2.75) is 6.92 Å². The molecule has 0 aliphatic rings. The Morgan fingerprint density at radius 2 is 1.52 bits per heavy atom. The van der Waals surface area contributed by atoms with Crippen LogP contribution in [-0.2, 0) is 0 Å². The SMILES string of the molecule is Cc1[nH]c2ccccc2c1-c1nnc(Cl)c2ccccc12. The number of halogens is 1. The summed E-state index contributed by atoms with van der Waals surface area (Å²) in [5.41, 5.74) is 4.14. The van der Waals surface area contributed by atoms with Gasteiger partial charge >= 0.3 is 0 Å². The second-order valence-corrected chi connectivity index (χ2v) is 5.41. The summed E-state index contributed by atoms with van der Waals surface area (Å²) in [5.74, 6) is 0. The fourth-order valence-corrected chi connectivity index (χ4v) is 3.04. The Morgan fingerprint density at radius 3 is 2.33 bits per heavy atom. The number of hydrogen-bond donors (Lipinski definition) is 1. The molecule has 21 heavy (non-hydrogen) atoms. The monoisotopic (exact) mass is 293 g/mol. The van der Waals surface area contributed by atoms with Crippen LogP contribution in [-0.4, -0.2) is 15.2 Å². The number of nitrogens with one attached hydrogen (secondary N) is 1. The van der Waals surface area contributed by atoms with Crippen LogP contribution in [0, 0.1) is 6.92 Å². The van der Waals surface area contributed by atoms with E-state index in [1.807, 2.05) is 36.4 Å². The van der Waals surface area contributed by atoms with E-state index in [2.05, 4.69) is 34.2 Å². The zero-order chi connectivity index (χ0) is 14.4. The number of aromatic nitrogens is 3. The predicted molar refractivity (Wildman–Crippen MR) is 86.6 cm³/mol. The molecule has 0 amide bonds. The molecule has 0 spiro atoms. The lowest BCUT2D eigenvalue weighted by molar-refractivity contribution is 1.06. The van der Waals surface area contributed by atoms with Crippen molar-refractivity contribution >= 4 is 33.3 Å². The van der Waals surface area contributed by atoms with Gasteiger partial charge in [-0.25, -0.2) is 0 Å². The third kappa shape index (κ3) is 1.82. The van der Waals surface area contributed by atoms with Gasteiger partial charge in [0.25, 0.3) is 0 Å². The number of aromatic amines is 1. The molecule has 4 rings (SSSR count). The molecule has 1 N–H and O–H groups in total. The number of hydrogen-bond acceptors (Lipinski definition) is 2. The van der Waals surface area contributed by atoms with Crippen LogP contribution in [0.15, 0.2) is 48.5 Å². The lowest BCUT2D eigenvalue weighted by Gasteiger charge is -2.06. The zero-order valence-corrected chi connectivity index (χ0v) is 12.1. The summed E-state index contributed by atoms with van der Waals surface area (Å²) in [6.45, 7) is 2.06. The van der Waals surface area contributed by atoms with Gasteiger partial charge in [-0.15, -0.1) is 10.2 Å². The van der Waals surface area contributed by atoms with Gasteiger partial charge in [-0.3, -0.25) is 0 Å². The van der Waals surface area contributed by atoms with Gasteiger partial charge in [-0.05, 0) is 13.0 Å². The number of aryl methyl sites for hydroxylation is 1. The van der Waals surface area contributed by atoms with E-state index in [9.17, 15) is 0 Å². The Labute approximate surface area is 126 Å². The molecule has 0 saturated heterocycles. The molecule has 0 radical (unpaired) electrons. The van der Waals surface area contributed by atoms with Gasteiger partial charge < -0.3 is 4.98 Å². The Hall–Kier alpha value is -2.39. The molecule has 0 aliphatic carbocycles. The third-order valence-electron chi connectivity index (χ3n) is 3.77. The number of para-hydroxylation sites is 1. The minimum atomic E-state index is 0.437. The average Bonchev–Trinajstić information content (AvgIpc) is 2.84. The first-order valence-electron chi connectivity index (χ1n) is 6.74. The molecule has 0 unspecified atom stereocenters. The minimum Gasteiger partial charge on any atom is -0.358 e. The number of nitrogens with zero attached hydrogens (tertiary/aromatic N) is 2. The van der Waals surface area contributed by atoms with Crippen molar-refractivity contribution in [3.8, 4) is 11.3 Å². The first-order chi connectivity index (χ1) is 10.3. The maximum atomic E-state index is 6.17. The minimum absolute atomic E-state index is 0.437. The van der Waals surface area contributed by atoms with Crippen molar-refractivity contribution in [1.29, 1.82) is 0 Å². The summed E-state index contributed by atoms with van der Waals surface area (Å²) in [6.07, 6.45) is 0. The van der Waals surface area contributed by atoms with Crippen molar-refractivity contribution in [3.63, 3.8) is 0 Å². The lowest BCUT2D eigenvalue weighted by Crippen LogP contribution is -1.92. The van der Waals surface area contributed by atoms with Gasteiger partial charge in [-0.1, -0.05) is 54.1 Å². The second-order valence-electron chi connectivity index (χ2n) is 5.06. The highest BCUT2D eigenvalue weighted by molar-refractivity contribution is 6.34. The van der Waals surface area contributed by atoms with E-state index in [-0.39, 0.29) is 0 Å². The summed E-state index contributed by atoms with van der Waals surface area (Å²) in [6, 6.07) is 16.2. The highest BCUT2D eigenvalue weighted by Crippen LogP contribution is 2.35. The lowest BCUT2D eigenvalue weighted by atomic mass is 10.0. The molecule has 3 nitrogen and oxygen atoms in total. The van der Waals surface area contributed by atoms with Crippen LogP contribution >= 0.6 is 11.6 Å². The number of fused-ring (bicyclic) bond motifs is 2. The summed E-state index contributed by atoms with van der Waals surface area (Å²) in [7, 11) is 0. The number of H-pyrrole nitrogens is 1. The molecular weight excluding hydrogens is 282 g/mol. The molecular formula is C17H12ClN3. The largest absolute Gasteiger partial charge is 0.358 e. The number of benzene rings is 2. The van der Waals surface area contributed by atoms with E-state index in [4.69, 9.17) is 11.6 Å². The molecule has 0 saturated carbocycles. The van der Waals surface area contributed by atoms with Crippen LogP contribution in [0.3, 0.4) is 0 Å². The molecule has 0 fully saturated rings.